The number of hydrogen-bond donors (Lipinski definition) is 1. The summed E-state index contributed by atoms with van der Waals surface area (Å²) in [6.45, 7) is 4.55. The Morgan fingerprint density at radius 1 is 1.37 bits per heavy atom. The van der Waals surface area contributed by atoms with E-state index in [1.807, 2.05) is 6.07 Å². The van der Waals surface area contributed by atoms with Crippen LogP contribution >= 0.6 is 22.6 Å². The van der Waals surface area contributed by atoms with Gasteiger partial charge in [-0.05, 0) is 53.1 Å². The third-order valence-electron chi connectivity index (χ3n) is 2.44. The number of ether oxygens (including phenoxy) is 1. The fraction of sp³-hybridized carbons (Fsp3) is 0.429. The van der Waals surface area contributed by atoms with Crippen molar-refractivity contribution in [3.8, 4) is 0 Å². The predicted octanol–water partition coefficient (Wildman–Crippen LogP) is 2.61. The van der Waals surface area contributed by atoms with Crippen LogP contribution in [-0.2, 0) is 9.53 Å². The van der Waals surface area contributed by atoms with Gasteiger partial charge < -0.3 is 10.1 Å². The molecule has 19 heavy (non-hydrogen) atoms. The molecule has 1 N–H and O–H groups in total. The van der Waals surface area contributed by atoms with Crippen molar-refractivity contribution in [1.82, 2.24) is 5.32 Å². The Kier molecular flexibility index (Phi) is 6.83. The highest BCUT2D eigenvalue weighted by molar-refractivity contribution is 14.1. The van der Waals surface area contributed by atoms with Gasteiger partial charge in [-0.3, -0.25) is 4.79 Å². The fourth-order valence-corrected chi connectivity index (χ4v) is 1.92. The van der Waals surface area contributed by atoms with Crippen LogP contribution in [0.2, 0.25) is 0 Å². The van der Waals surface area contributed by atoms with Gasteiger partial charge in [0, 0.05) is 10.1 Å². The van der Waals surface area contributed by atoms with E-state index >= 15 is 0 Å². The van der Waals surface area contributed by atoms with Crippen LogP contribution < -0.4 is 5.32 Å². The third kappa shape index (κ3) is 6.56. The lowest BCUT2D eigenvalue weighted by Crippen LogP contribution is -2.30. The smallest absolute Gasteiger partial charge is 0.338 e. The Morgan fingerprint density at radius 2 is 2.11 bits per heavy atom. The molecule has 0 unspecified atom stereocenters. The maximum Gasteiger partial charge on any atom is 0.338 e. The van der Waals surface area contributed by atoms with E-state index in [0.29, 0.717) is 18.0 Å². The molecule has 0 atom stereocenters. The summed E-state index contributed by atoms with van der Waals surface area (Å²) in [5, 5.41) is 2.71. The summed E-state index contributed by atoms with van der Waals surface area (Å²) < 4.78 is 5.90. The SMILES string of the molecule is CC(C)CCNC(=O)COC(=O)c1cccc(I)c1. The summed E-state index contributed by atoms with van der Waals surface area (Å²) in [7, 11) is 0. The van der Waals surface area contributed by atoms with E-state index in [1.165, 1.54) is 0 Å². The molecule has 0 aliphatic heterocycles. The molecule has 5 heteroatoms. The van der Waals surface area contributed by atoms with E-state index in [-0.39, 0.29) is 12.5 Å². The van der Waals surface area contributed by atoms with Gasteiger partial charge in [-0.25, -0.2) is 4.79 Å². The van der Waals surface area contributed by atoms with Gasteiger partial charge in [-0.1, -0.05) is 19.9 Å². The van der Waals surface area contributed by atoms with Crippen LogP contribution in [0.5, 0.6) is 0 Å². The topological polar surface area (TPSA) is 55.4 Å². The summed E-state index contributed by atoms with van der Waals surface area (Å²) in [6, 6.07) is 7.05. The van der Waals surface area contributed by atoms with Crippen LogP contribution in [-0.4, -0.2) is 25.0 Å². The Hall–Kier alpha value is -1.11. The highest BCUT2D eigenvalue weighted by Crippen LogP contribution is 2.08. The molecule has 0 saturated carbocycles. The number of carbonyl (C=O) groups excluding carboxylic acids is 2. The first-order valence-electron chi connectivity index (χ1n) is 6.18. The van der Waals surface area contributed by atoms with Gasteiger partial charge in [0.2, 0.25) is 0 Å². The van der Waals surface area contributed by atoms with E-state index in [4.69, 9.17) is 4.74 Å². The van der Waals surface area contributed by atoms with Crippen LogP contribution in [0.4, 0.5) is 0 Å². The van der Waals surface area contributed by atoms with Crippen molar-refractivity contribution in [2.75, 3.05) is 13.2 Å². The zero-order chi connectivity index (χ0) is 14.3. The predicted molar refractivity (Wildman–Crippen MR) is 81.9 cm³/mol. The molecule has 0 radical (unpaired) electrons. The molecular formula is C14H18INO3. The molecule has 0 aromatic heterocycles. The van der Waals surface area contributed by atoms with Crippen molar-refractivity contribution >= 4 is 34.5 Å². The van der Waals surface area contributed by atoms with Crippen molar-refractivity contribution in [2.24, 2.45) is 5.92 Å². The van der Waals surface area contributed by atoms with Gasteiger partial charge in [-0.15, -0.1) is 0 Å². The average Bonchev–Trinajstić information content (AvgIpc) is 2.35. The van der Waals surface area contributed by atoms with Crippen LogP contribution in [0.1, 0.15) is 30.6 Å². The van der Waals surface area contributed by atoms with Gasteiger partial charge in [-0.2, -0.15) is 0 Å². The first kappa shape index (κ1) is 15.9. The maximum absolute atomic E-state index is 11.7. The largest absolute Gasteiger partial charge is 0.452 e. The number of nitrogens with one attached hydrogen (secondary N) is 1. The number of benzene rings is 1. The number of rotatable bonds is 6. The molecule has 1 rings (SSSR count). The molecule has 0 spiro atoms. The number of esters is 1. The van der Waals surface area contributed by atoms with Crippen molar-refractivity contribution in [1.29, 1.82) is 0 Å². The average molecular weight is 375 g/mol. The third-order valence-corrected chi connectivity index (χ3v) is 3.11. The number of hydrogen-bond acceptors (Lipinski definition) is 3. The van der Waals surface area contributed by atoms with Gasteiger partial charge in [0.25, 0.3) is 5.91 Å². The first-order valence-corrected chi connectivity index (χ1v) is 7.26. The fourth-order valence-electron chi connectivity index (χ4n) is 1.38. The zero-order valence-corrected chi connectivity index (χ0v) is 13.3. The summed E-state index contributed by atoms with van der Waals surface area (Å²) in [4.78, 5) is 23.1. The normalized spacial score (nSPS) is 10.3. The monoisotopic (exact) mass is 375 g/mol. The van der Waals surface area contributed by atoms with Crippen molar-refractivity contribution in [2.45, 2.75) is 20.3 Å². The van der Waals surface area contributed by atoms with Crippen molar-refractivity contribution in [3.63, 3.8) is 0 Å². The van der Waals surface area contributed by atoms with E-state index in [9.17, 15) is 9.59 Å². The lowest BCUT2D eigenvalue weighted by atomic mass is 10.1. The lowest BCUT2D eigenvalue weighted by Gasteiger charge is -2.08. The summed E-state index contributed by atoms with van der Waals surface area (Å²) >= 11 is 2.12. The standard InChI is InChI=1S/C14H18INO3/c1-10(2)6-7-16-13(17)9-19-14(18)11-4-3-5-12(15)8-11/h3-5,8,10H,6-7,9H2,1-2H3,(H,16,17). The number of carbonyl (C=O) groups is 2. The second-order valence-corrected chi connectivity index (χ2v) is 5.86. The Labute approximate surface area is 127 Å². The molecule has 0 saturated heterocycles. The minimum absolute atomic E-state index is 0.234. The van der Waals surface area contributed by atoms with Crippen LogP contribution in [0.3, 0.4) is 0 Å². The molecule has 4 nitrogen and oxygen atoms in total. The molecule has 1 aromatic rings. The van der Waals surface area contributed by atoms with E-state index in [1.54, 1.807) is 18.2 Å². The van der Waals surface area contributed by atoms with Crippen LogP contribution in [0.25, 0.3) is 0 Å². The Morgan fingerprint density at radius 3 is 2.74 bits per heavy atom. The first-order chi connectivity index (χ1) is 8.99. The molecule has 104 valence electrons. The summed E-state index contributed by atoms with van der Waals surface area (Å²) in [5.74, 6) is -0.202. The minimum atomic E-state index is -0.475. The van der Waals surface area contributed by atoms with Gasteiger partial charge in [0.15, 0.2) is 6.61 Å². The number of amides is 1. The van der Waals surface area contributed by atoms with Crippen molar-refractivity contribution in [3.05, 3.63) is 33.4 Å². The molecule has 0 heterocycles. The van der Waals surface area contributed by atoms with E-state index < -0.39 is 5.97 Å². The minimum Gasteiger partial charge on any atom is -0.452 e. The summed E-state index contributed by atoms with van der Waals surface area (Å²) in [6.07, 6.45) is 0.913. The van der Waals surface area contributed by atoms with E-state index in [0.717, 1.165) is 9.99 Å². The maximum atomic E-state index is 11.7. The zero-order valence-electron chi connectivity index (χ0n) is 11.1. The highest BCUT2D eigenvalue weighted by Gasteiger charge is 2.10. The Balaban J connectivity index is 2.32. The summed E-state index contributed by atoms with van der Waals surface area (Å²) in [5.41, 5.74) is 0.460. The van der Waals surface area contributed by atoms with Crippen molar-refractivity contribution < 1.29 is 14.3 Å². The molecule has 0 fully saturated rings. The second kappa shape index (κ2) is 8.14. The molecule has 0 bridgehead atoms. The molecular weight excluding hydrogens is 357 g/mol. The van der Waals surface area contributed by atoms with Gasteiger partial charge in [0.05, 0.1) is 5.56 Å². The van der Waals surface area contributed by atoms with Gasteiger partial charge in [0.1, 0.15) is 0 Å². The molecule has 1 amide bonds. The highest BCUT2D eigenvalue weighted by atomic mass is 127. The Bertz CT molecular complexity index is 446. The van der Waals surface area contributed by atoms with Crippen LogP contribution in [0, 0.1) is 9.49 Å². The number of halogens is 1. The van der Waals surface area contributed by atoms with Gasteiger partial charge >= 0.3 is 5.97 Å². The molecule has 0 aliphatic carbocycles. The lowest BCUT2D eigenvalue weighted by molar-refractivity contribution is -0.124. The van der Waals surface area contributed by atoms with Crippen LogP contribution in [0.15, 0.2) is 24.3 Å². The molecule has 1 aromatic carbocycles. The molecule has 0 aliphatic rings. The van der Waals surface area contributed by atoms with E-state index in [2.05, 4.69) is 41.8 Å². The quantitative estimate of drug-likeness (QED) is 0.615. The second-order valence-electron chi connectivity index (χ2n) is 4.62.